The molecule has 0 saturated heterocycles. The van der Waals surface area contributed by atoms with Crippen LogP contribution in [-0.4, -0.2) is 11.1 Å². The normalized spacial score (nSPS) is 10.2. The van der Waals surface area contributed by atoms with Crippen LogP contribution in [0.2, 0.25) is 0 Å². The van der Waals surface area contributed by atoms with E-state index in [1.807, 2.05) is 0 Å². The van der Waals surface area contributed by atoms with Gasteiger partial charge in [0.1, 0.15) is 23.7 Å². The Morgan fingerprint density at radius 1 is 1.26 bits per heavy atom. The molecule has 2 aromatic carbocycles. The van der Waals surface area contributed by atoms with Crippen LogP contribution in [0.15, 0.2) is 46.9 Å². The number of carboxylic acid groups (broad SMARTS) is 1. The summed E-state index contributed by atoms with van der Waals surface area (Å²) in [5.74, 6) is -1.11. The molecular weight excluding hydrogens is 315 g/mol. The van der Waals surface area contributed by atoms with E-state index in [1.54, 1.807) is 30.3 Å². The minimum absolute atomic E-state index is 0.101. The fourth-order valence-electron chi connectivity index (χ4n) is 1.56. The van der Waals surface area contributed by atoms with Gasteiger partial charge in [0.2, 0.25) is 0 Å². The molecule has 98 valence electrons. The predicted molar refractivity (Wildman–Crippen MR) is 71.8 cm³/mol. The Morgan fingerprint density at radius 2 is 2.00 bits per heavy atom. The van der Waals surface area contributed by atoms with E-state index in [0.29, 0.717) is 4.47 Å². The Kier molecular flexibility index (Phi) is 4.16. The maximum absolute atomic E-state index is 13.1. The van der Waals surface area contributed by atoms with Gasteiger partial charge >= 0.3 is 5.97 Å². The van der Waals surface area contributed by atoms with Crippen LogP contribution in [0.5, 0.6) is 5.75 Å². The number of carboxylic acids is 1. The van der Waals surface area contributed by atoms with E-state index in [0.717, 1.165) is 5.56 Å². The van der Waals surface area contributed by atoms with Crippen molar-refractivity contribution in [2.75, 3.05) is 0 Å². The molecule has 2 aromatic rings. The van der Waals surface area contributed by atoms with Crippen molar-refractivity contribution in [1.82, 2.24) is 0 Å². The van der Waals surface area contributed by atoms with Crippen molar-refractivity contribution in [3.8, 4) is 5.75 Å². The Hall–Kier alpha value is -1.88. The third kappa shape index (κ3) is 3.32. The number of hydrogen-bond donors (Lipinski definition) is 1. The Bertz CT molecular complexity index is 613. The maximum Gasteiger partial charge on any atom is 0.339 e. The van der Waals surface area contributed by atoms with E-state index in [1.165, 1.54) is 12.1 Å². The Balaban J connectivity index is 2.14. The van der Waals surface area contributed by atoms with Gasteiger partial charge in [-0.15, -0.1) is 0 Å². The first-order valence-corrected chi connectivity index (χ1v) is 6.26. The third-order valence-corrected chi connectivity index (χ3v) is 3.10. The first-order chi connectivity index (χ1) is 9.08. The van der Waals surface area contributed by atoms with Crippen LogP contribution < -0.4 is 4.74 Å². The van der Waals surface area contributed by atoms with Crippen molar-refractivity contribution in [2.24, 2.45) is 0 Å². The Labute approximate surface area is 117 Å². The monoisotopic (exact) mass is 324 g/mol. The summed E-state index contributed by atoms with van der Waals surface area (Å²) in [6.07, 6.45) is 0. The fraction of sp³-hybridized carbons (Fsp3) is 0.0714. The van der Waals surface area contributed by atoms with Gasteiger partial charge in [0.15, 0.2) is 0 Å². The molecule has 5 heteroatoms. The maximum atomic E-state index is 13.1. The molecule has 0 unspecified atom stereocenters. The average Bonchev–Trinajstić information content (AvgIpc) is 2.40. The predicted octanol–water partition coefficient (Wildman–Crippen LogP) is 3.87. The van der Waals surface area contributed by atoms with E-state index < -0.39 is 5.97 Å². The Morgan fingerprint density at radius 3 is 2.68 bits per heavy atom. The summed E-state index contributed by atoms with van der Waals surface area (Å²) < 4.78 is 18.9. The molecular formula is C14H10BrFO3. The van der Waals surface area contributed by atoms with Crippen LogP contribution in [0.4, 0.5) is 4.39 Å². The third-order valence-electron chi connectivity index (χ3n) is 2.50. The zero-order valence-electron chi connectivity index (χ0n) is 9.77. The van der Waals surface area contributed by atoms with E-state index in [9.17, 15) is 9.18 Å². The van der Waals surface area contributed by atoms with Gasteiger partial charge in [0, 0.05) is 0 Å². The van der Waals surface area contributed by atoms with E-state index >= 15 is 0 Å². The van der Waals surface area contributed by atoms with Crippen molar-refractivity contribution >= 4 is 21.9 Å². The van der Waals surface area contributed by atoms with Crippen molar-refractivity contribution in [2.45, 2.75) is 6.61 Å². The lowest BCUT2D eigenvalue weighted by Gasteiger charge is -2.09. The summed E-state index contributed by atoms with van der Waals surface area (Å²) in [7, 11) is 0. The first-order valence-electron chi connectivity index (χ1n) is 5.47. The molecule has 3 nitrogen and oxygen atoms in total. The van der Waals surface area contributed by atoms with Gasteiger partial charge in [-0.25, -0.2) is 9.18 Å². The standard InChI is InChI=1S/C14H10BrFO3/c15-11-7-9(5-6-12(11)16)8-19-13-4-2-1-3-10(13)14(17)18/h1-7H,8H2,(H,17,18). The van der Waals surface area contributed by atoms with Gasteiger partial charge in [0.25, 0.3) is 0 Å². The SMILES string of the molecule is O=C(O)c1ccccc1OCc1ccc(F)c(Br)c1. The number of halogens is 2. The molecule has 0 radical (unpaired) electrons. The summed E-state index contributed by atoms with van der Waals surface area (Å²) in [6, 6.07) is 10.9. The molecule has 0 aliphatic rings. The van der Waals surface area contributed by atoms with Gasteiger partial charge in [-0.3, -0.25) is 0 Å². The number of benzene rings is 2. The molecule has 1 N–H and O–H groups in total. The molecule has 0 aliphatic carbocycles. The smallest absolute Gasteiger partial charge is 0.339 e. The van der Waals surface area contributed by atoms with Crippen LogP contribution in [0.3, 0.4) is 0 Å². The lowest BCUT2D eigenvalue weighted by atomic mass is 10.2. The number of ether oxygens (including phenoxy) is 1. The molecule has 0 aliphatic heterocycles. The molecule has 0 fully saturated rings. The first kappa shape index (κ1) is 13.5. The van der Waals surface area contributed by atoms with Crippen LogP contribution in [0, 0.1) is 5.82 Å². The van der Waals surface area contributed by atoms with Crippen LogP contribution in [-0.2, 0) is 6.61 Å². The van der Waals surface area contributed by atoms with Gasteiger partial charge in [-0.05, 0) is 45.8 Å². The van der Waals surface area contributed by atoms with Crippen molar-refractivity contribution in [3.63, 3.8) is 0 Å². The number of hydrogen-bond acceptors (Lipinski definition) is 2. The minimum atomic E-state index is -1.05. The van der Waals surface area contributed by atoms with Crippen LogP contribution >= 0.6 is 15.9 Å². The molecule has 0 saturated carbocycles. The lowest BCUT2D eigenvalue weighted by Crippen LogP contribution is -2.03. The number of carbonyl (C=O) groups is 1. The van der Waals surface area contributed by atoms with Crippen molar-refractivity contribution in [3.05, 3.63) is 63.9 Å². The van der Waals surface area contributed by atoms with Crippen molar-refractivity contribution < 1.29 is 19.0 Å². The minimum Gasteiger partial charge on any atom is -0.488 e. The van der Waals surface area contributed by atoms with Gasteiger partial charge in [0.05, 0.1) is 4.47 Å². The van der Waals surface area contributed by atoms with Gasteiger partial charge in [-0.2, -0.15) is 0 Å². The van der Waals surface area contributed by atoms with Crippen LogP contribution in [0.25, 0.3) is 0 Å². The largest absolute Gasteiger partial charge is 0.488 e. The highest BCUT2D eigenvalue weighted by atomic mass is 79.9. The zero-order chi connectivity index (χ0) is 13.8. The second-order valence-electron chi connectivity index (χ2n) is 3.84. The van der Waals surface area contributed by atoms with E-state index in [-0.39, 0.29) is 23.7 Å². The fourth-order valence-corrected chi connectivity index (χ4v) is 1.99. The van der Waals surface area contributed by atoms with Crippen molar-refractivity contribution in [1.29, 1.82) is 0 Å². The summed E-state index contributed by atoms with van der Waals surface area (Å²) in [6.45, 7) is 0.170. The molecule has 0 bridgehead atoms. The summed E-state index contributed by atoms with van der Waals surface area (Å²) in [5, 5.41) is 9.01. The average molecular weight is 325 g/mol. The summed E-state index contributed by atoms with van der Waals surface area (Å²) in [5.41, 5.74) is 0.845. The molecule has 19 heavy (non-hydrogen) atoms. The molecule has 0 spiro atoms. The summed E-state index contributed by atoms with van der Waals surface area (Å²) >= 11 is 3.09. The van der Waals surface area contributed by atoms with Gasteiger partial charge in [-0.1, -0.05) is 18.2 Å². The highest BCUT2D eigenvalue weighted by molar-refractivity contribution is 9.10. The highest BCUT2D eigenvalue weighted by Crippen LogP contribution is 2.21. The molecule has 0 aromatic heterocycles. The zero-order valence-corrected chi connectivity index (χ0v) is 11.4. The second-order valence-corrected chi connectivity index (χ2v) is 4.69. The topological polar surface area (TPSA) is 46.5 Å². The van der Waals surface area contributed by atoms with Gasteiger partial charge < -0.3 is 9.84 Å². The molecule has 0 atom stereocenters. The number of rotatable bonds is 4. The van der Waals surface area contributed by atoms with Crippen LogP contribution in [0.1, 0.15) is 15.9 Å². The number of aromatic carboxylic acids is 1. The molecule has 0 heterocycles. The second kappa shape index (κ2) is 5.84. The highest BCUT2D eigenvalue weighted by Gasteiger charge is 2.10. The molecule has 2 rings (SSSR count). The number of para-hydroxylation sites is 1. The van der Waals surface area contributed by atoms with E-state index in [2.05, 4.69) is 15.9 Å². The summed E-state index contributed by atoms with van der Waals surface area (Å²) in [4.78, 5) is 11.0. The van der Waals surface area contributed by atoms with E-state index in [4.69, 9.17) is 9.84 Å². The lowest BCUT2D eigenvalue weighted by molar-refractivity contribution is 0.0692. The quantitative estimate of drug-likeness (QED) is 0.928. The molecule has 0 amide bonds.